The lowest BCUT2D eigenvalue weighted by atomic mass is 9.75. The topological polar surface area (TPSA) is 45.7 Å². The molecule has 4 heterocycles. The van der Waals surface area contributed by atoms with Crippen LogP contribution in [0.1, 0.15) is 24.6 Å². The molecule has 2 fully saturated rings. The fourth-order valence-corrected chi connectivity index (χ4v) is 5.35. The molecule has 0 amide bonds. The van der Waals surface area contributed by atoms with Crippen molar-refractivity contribution < 1.29 is 9.53 Å². The van der Waals surface area contributed by atoms with Gasteiger partial charge in [0, 0.05) is 43.2 Å². The average Bonchev–Trinajstić information content (AvgIpc) is 3.28. The van der Waals surface area contributed by atoms with Crippen LogP contribution in [0.15, 0.2) is 41.9 Å². The van der Waals surface area contributed by atoms with Crippen LogP contribution in [0.3, 0.4) is 0 Å². The molecule has 0 aromatic carbocycles. The monoisotopic (exact) mass is 385 g/mol. The van der Waals surface area contributed by atoms with E-state index in [2.05, 4.69) is 32.3 Å². The molecule has 2 aromatic rings. The Bertz CT molecular complexity index is 752. The standard InChI is InChI=1S/C21H27N3O2S/c1-2-26-20(25)21-9-6-11-23(15-18-7-5-12-27-18)13-17(21)14-24(16-21)19-8-3-4-10-22-19/h3-5,7-8,10,12,17H,2,6,9,11,13-16H2,1H3/t17-,21-/m0/s1. The molecule has 2 aliphatic heterocycles. The molecule has 0 radical (unpaired) electrons. The number of nitrogens with zero attached hydrogens (tertiary/aromatic N) is 3. The fraction of sp³-hybridized carbons (Fsp3) is 0.524. The van der Waals surface area contributed by atoms with E-state index in [9.17, 15) is 4.79 Å². The van der Waals surface area contributed by atoms with Crippen molar-refractivity contribution >= 4 is 23.1 Å². The van der Waals surface area contributed by atoms with Crippen LogP contribution in [-0.4, -0.2) is 48.6 Å². The van der Waals surface area contributed by atoms with Crippen LogP contribution in [0.5, 0.6) is 0 Å². The van der Waals surface area contributed by atoms with Crippen molar-refractivity contribution in [1.82, 2.24) is 9.88 Å². The predicted octanol–water partition coefficient (Wildman–Crippen LogP) is 3.42. The first-order valence-corrected chi connectivity index (χ1v) is 10.7. The van der Waals surface area contributed by atoms with Crippen molar-refractivity contribution in [2.75, 3.05) is 37.7 Å². The van der Waals surface area contributed by atoms with E-state index in [0.717, 1.165) is 44.8 Å². The summed E-state index contributed by atoms with van der Waals surface area (Å²) >= 11 is 1.81. The third kappa shape index (κ3) is 3.73. The zero-order valence-corrected chi connectivity index (χ0v) is 16.7. The first-order valence-electron chi connectivity index (χ1n) is 9.79. The van der Waals surface area contributed by atoms with E-state index in [1.54, 1.807) is 11.3 Å². The van der Waals surface area contributed by atoms with Gasteiger partial charge in [-0.1, -0.05) is 12.1 Å². The minimum atomic E-state index is -0.419. The average molecular weight is 386 g/mol. The molecule has 0 saturated carbocycles. The van der Waals surface area contributed by atoms with Crippen molar-refractivity contribution in [3.63, 3.8) is 0 Å². The van der Waals surface area contributed by atoms with Gasteiger partial charge < -0.3 is 9.64 Å². The lowest BCUT2D eigenvalue weighted by Gasteiger charge is -2.31. The summed E-state index contributed by atoms with van der Waals surface area (Å²) in [5.41, 5.74) is -0.419. The van der Waals surface area contributed by atoms with Crippen molar-refractivity contribution in [3.8, 4) is 0 Å². The summed E-state index contributed by atoms with van der Waals surface area (Å²) < 4.78 is 5.56. The molecular weight excluding hydrogens is 358 g/mol. The van der Waals surface area contributed by atoms with Crippen LogP contribution in [0.25, 0.3) is 0 Å². The number of esters is 1. The van der Waals surface area contributed by atoms with E-state index in [4.69, 9.17) is 4.74 Å². The number of hydrogen-bond acceptors (Lipinski definition) is 6. The highest BCUT2D eigenvalue weighted by Crippen LogP contribution is 2.45. The Morgan fingerprint density at radius 1 is 1.33 bits per heavy atom. The van der Waals surface area contributed by atoms with Crippen molar-refractivity contribution in [3.05, 3.63) is 46.8 Å². The number of aromatic nitrogens is 1. The third-order valence-corrected chi connectivity index (χ3v) is 6.75. The van der Waals surface area contributed by atoms with Crippen molar-refractivity contribution in [1.29, 1.82) is 0 Å². The maximum Gasteiger partial charge on any atom is 0.314 e. The third-order valence-electron chi connectivity index (χ3n) is 5.89. The first-order chi connectivity index (χ1) is 13.2. The smallest absolute Gasteiger partial charge is 0.314 e. The largest absolute Gasteiger partial charge is 0.466 e. The van der Waals surface area contributed by atoms with Crippen LogP contribution in [0.4, 0.5) is 5.82 Å². The maximum absolute atomic E-state index is 13.1. The van der Waals surface area contributed by atoms with Gasteiger partial charge in [0.25, 0.3) is 0 Å². The summed E-state index contributed by atoms with van der Waals surface area (Å²) in [6.45, 7) is 6.84. The molecule has 2 aromatic heterocycles. The number of carbonyl (C=O) groups excluding carboxylic acids is 1. The van der Waals surface area contributed by atoms with Gasteiger partial charge in [0.2, 0.25) is 0 Å². The van der Waals surface area contributed by atoms with Crippen LogP contribution in [0, 0.1) is 11.3 Å². The Morgan fingerprint density at radius 3 is 3.00 bits per heavy atom. The fourth-order valence-electron chi connectivity index (χ4n) is 4.60. The van der Waals surface area contributed by atoms with Gasteiger partial charge in [0.15, 0.2) is 0 Å². The Hall–Kier alpha value is -1.92. The van der Waals surface area contributed by atoms with E-state index < -0.39 is 5.41 Å². The van der Waals surface area contributed by atoms with E-state index in [-0.39, 0.29) is 11.9 Å². The molecule has 0 bridgehead atoms. The number of pyridine rings is 1. The summed E-state index contributed by atoms with van der Waals surface area (Å²) in [4.78, 5) is 23.8. The predicted molar refractivity (Wildman–Crippen MR) is 108 cm³/mol. The van der Waals surface area contributed by atoms with Crippen LogP contribution in [-0.2, 0) is 16.1 Å². The molecular formula is C21H27N3O2S. The first kappa shape index (κ1) is 18.4. The lowest BCUT2D eigenvalue weighted by Crippen LogP contribution is -2.42. The second kappa shape index (κ2) is 7.98. The molecule has 2 saturated heterocycles. The highest BCUT2D eigenvalue weighted by atomic mass is 32.1. The number of thiophene rings is 1. The SMILES string of the molecule is CCOC(=O)[C@]12CCCN(Cc3cccs3)C[C@H]1CN(c1ccccn1)C2. The molecule has 4 rings (SSSR count). The van der Waals surface area contributed by atoms with Gasteiger partial charge >= 0.3 is 5.97 Å². The van der Waals surface area contributed by atoms with Gasteiger partial charge in [-0.05, 0) is 49.9 Å². The van der Waals surface area contributed by atoms with Crippen LogP contribution >= 0.6 is 11.3 Å². The zero-order valence-electron chi connectivity index (χ0n) is 15.8. The summed E-state index contributed by atoms with van der Waals surface area (Å²) in [6, 6.07) is 10.3. The Labute approximate surface area is 165 Å². The summed E-state index contributed by atoms with van der Waals surface area (Å²) in [7, 11) is 0. The lowest BCUT2D eigenvalue weighted by molar-refractivity contribution is -0.157. The van der Waals surface area contributed by atoms with E-state index in [1.165, 1.54) is 4.88 Å². The quantitative estimate of drug-likeness (QED) is 0.738. The second-order valence-corrected chi connectivity index (χ2v) is 8.59. The number of likely N-dealkylation sites (tertiary alicyclic amines) is 1. The van der Waals surface area contributed by atoms with Crippen LogP contribution < -0.4 is 4.90 Å². The van der Waals surface area contributed by atoms with Gasteiger partial charge in [-0.3, -0.25) is 9.69 Å². The van der Waals surface area contributed by atoms with E-state index >= 15 is 0 Å². The molecule has 0 N–H and O–H groups in total. The van der Waals surface area contributed by atoms with Gasteiger partial charge in [0.05, 0.1) is 12.0 Å². The van der Waals surface area contributed by atoms with Gasteiger partial charge in [-0.2, -0.15) is 0 Å². The summed E-state index contributed by atoms with van der Waals surface area (Å²) in [5.74, 6) is 1.20. The van der Waals surface area contributed by atoms with E-state index in [0.29, 0.717) is 13.2 Å². The molecule has 0 spiro atoms. The molecule has 0 aliphatic carbocycles. The minimum absolute atomic E-state index is 0.0218. The number of carbonyl (C=O) groups is 1. The Balaban J connectivity index is 1.58. The number of rotatable bonds is 5. The van der Waals surface area contributed by atoms with E-state index in [1.807, 2.05) is 31.3 Å². The summed E-state index contributed by atoms with van der Waals surface area (Å²) in [6.07, 6.45) is 3.74. The van der Waals surface area contributed by atoms with Gasteiger partial charge in [0.1, 0.15) is 5.82 Å². The van der Waals surface area contributed by atoms with Crippen LogP contribution in [0.2, 0.25) is 0 Å². The number of ether oxygens (including phenoxy) is 1. The zero-order chi connectivity index (χ0) is 18.7. The molecule has 6 heteroatoms. The number of anilines is 1. The molecule has 2 aliphatic rings. The highest BCUT2D eigenvalue weighted by Gasteiger charge is 2.54. The van der Waals surface area contributed by atoms with Crippen molar-refractivity contribution in [2.24, 2.45) is 11.3 Å². The summed E-state index contributed by atoms with van der Waals surface area (Å²) in [5, 5.41) is 2.13. The molecule has 0 unspecified atom stereocenters. The molecule has 2 atom stereocenters. The number of fused-ring (bicyclic) bond motifs is 1. The second-order valence-electron chi connectivity index (χ2n) is 7.56. The highest BCUT2D eigenvalue weighted by molar-refractivity contribution is 7.09. The normalized spacial score (nSPS) is 25.8. The Kier molecular flexibility index (Phi) is 5.45. The molecule has 144 valence electrons. The maximum atomic E-state index is 13.1. The van der Waals surface area contributed by atoms with Gasteiger partial charge in [-0.25, -0.2) is 4.98 Å². The minimum Gasteiger partial charge on any atom is -0.466 e. The molecule has 27 heavy (non-hydrogen) atoms. The van der Waals surface area contributed by atoms with Crippen molar-refractivity contribution in [2.45, 2.75) is 26.3 Å². The van der Waals surface area contributed by atoms with Gasteiger partial charge in [-0.15, -0.1) is 11.3 Å². The Morgan fingerprint density at radius 2 is 2.26 bits per heavy atom. The number of hydrogen-bond donors (Lipinski definition) is 0. The molecule has 5 nitrogen and oxygen atoms in total.